The fourth-order valence-corrected chi connectivity index (χ4v) is 0.285. The van der Waals surface area contributed by atoms with Crippen LogP contribution in [0.4, 0.5) is 0 Å². The van der Waals surface area contributed by atoms with Crippen LogP contribution < -0.4 is 0 Å². The number of oxime groups is 1. The topological polar surface area (TPSA) is 76.0 Å². The summed E-state index contributed by atoms with van der Waals surface area (Å²) in [6, 6.07) is 0. The number of carbonyl (C=O) groups is 2. The summed E-state index contributed by atoms with van der Waals surface area (Å²) in [6.07, 6.45) is 0. The van der Waals surface area contributed by atoms with Crippen molar-refractivity contribution in [3.63, 3.8) is 0 Å². The minimum Gasteiger partial charge on any atom is -0.477 e. The van der Waals surface area contributed by atoms with Crippen LogP contribution in [0.3, 0.4) is 0 Å². The molecule has 62 valence electrons. The van der Waals surface area contributed by atoms with Crippen molar-refractivity contribution in [1.29, 1.82) is 0 Å². The molecule has 11 heavy (non-hydrogen) atoms. The molecule has 0 atom stereocenters. The molecular weight excluding hydrogens is 218 g/mol. The Labute approximate surface area is 71.1 Å². The maximum Gasteiger partial charge on any atom is 0.353 e. The summed E-state index contributed by atoms with van der Waals surface area (Å²) in [7, 11) is 0. The highest BCUT2D eigenvalue weighted by molar-refractivity contribution is 9.09. The Morgan fingerprint density at radius 3 is 2.55 bits per heavy atom. The number of nitrogens with zero attached hydrogens (tertiary/aromatic N) is 1. The molecule has 0 aliphatic rings. The van der Waals surface area contributed by atoms with E-state index in [1.165, 1.54) is 6.92 Å². The molecule has 0 aromatic rings. The van der Waals surface area contributed by atoms with Gasteiger partial charge in [0.05, 0.1) is 0 Å². The minimum absolute atomic E-state index is 0.0105. The van der Waals surface area contributed by atoms with Crippen LogP contribution in [0.2, 0.25) is 0 Å². The molecule has 0 bridgehead atoms. The van der Waals surface area contributed by atoms with Crippen molar-refractivity contribution in [2.45, 2.75) is 6.92 Å². The average Bonchev–Trinajstić information content (AvgIpc) is 1.99. The van der Waals surface area contributed by atoms with E-state index in [4.69, 9.17) is 5.11 Å². The summed E-state index contributed by atoms with van der Waals surface area (Å²) in [5.74, 6) is -1.85. The van der Waals surface area contributed by atoms with Gasteiger partial charge in [0.25, 0.3) is 0 Å². The highest BCUT2D eigenvalue weighted by Crippen LogP contribution is 1.87. The van der Waals surface area contributed by atoms with Gasteiger partial charge in [0.15, 0.2) is 5.71 Å². The normalized spacial score (nSPS) is 10.9. The molecule has 0 aromatic carbocycles. The third-order valence-corrected chi connectivity index (χ3v) is 1.16. The first-order chi connectivity index (χ1) is 5.07. The second kappa shape index (κ2) is 4.84. The van der Waals surface area contributed by atoms with Crippen LogP contribution >= 0.6 is 15.9 Å². The van der Waals surface area contributed by atoms with Crippen LogP contribution in [0.15, 0.2) is 5.16 Å². The van der Waals surface area contributed by atoms with Crippen molar-refractivity contribution in [3.05, 3.63) is 0 Å². The van der Waals surface area contributed by atoms with Gasteiger partial charge in [-0.2, -0.15) is 0 Å². The predicted octanol–water partition coefficient (Wildman–Crippen LogP) is 0.385. The van der Waals surface area contributed by atoms with E-state index in [1.54, 1.807) is 0 Å². The van der Waals surface area contributed by atoms with Gasteiger partial charge < -0.3 is 9.94 Å². The zero-order chi connectivity index (χ0) is 8.85. The number of rotatable bonds is 3. The molecule has 0 rings (SSSR count). The van der Waals surface area contributed by atoms with Gasteiger partial charge >= 0.3 is 11.9 Å². The molecule has 0 aliphatic heterocycles. The van der Waals surface area contributed by atoms with E-state index in [0.717, 1.165) is 0 Å². The summed E-state index contributed by atoms with van der Waals surface area (Å²) >= 11 is 2.81. The Bertz CT molecular complexity index is 201. The molecule has 0 saturated heterocycles. The van der Waals surface area contributed by atoms with Gasteiger partial charge in [0, 0.05) is 0 Å². The van der Waals surface area contributed by atoms with Crippen molar-refractivity contribution in [1.82, 2.24) is 0 Å². The van der Waals surface area contributed by atoms with Gasteiger partial charge in [0.2, 0.25) is 0 Å². The van der Waals surface area contributed by atoms with E-state index in [1.807, 2.05) is 0 Å². The second-order valence-corrected chi connectivity index (χ2v) is 2.14. The Morgan fingerprint density at radius 2 is 2.18 bits per heavy atom. The molecule has 6 heteroatoms. The van der Waals surface area contributed by atoms with Gasteiger partial charge in [0.1, 0.15) is 5.33 Å². The van der Waals surface area contributed by atoms with Crippen molar-refractivity contribution < 1.29 is 19.5 Å². The van der Waals surface area contributed by atoms with E-state index < -0.39 is 11.9 Å². The number of alkyl halides is 1. The SMILES string of the molecule is CC(=NOC(=O)CBr)C(=O)O. The fraction of sp³-hybridized carbons (Fsp3) is 0.400. The predicted molar refractivity (Wildman–Crippen MR) is 40.6 cm³/mol. The number of carboxylic acids is 1. The van der Waals surface area contributed by atoms with Gasteiger partial charge in [-0.05, 0) is 6.92 Å². The molecule has 0 spiro atoms. The van der Waals surface area contributed by atoms with E-state index in [-0.39, 0.29) is 11.0 Å². The highest BCUT2D eigenvalue weighted by atomic mass is 79.9. The molecule has 1 N–H and O–H groups in total. The number of halogens is 1. The van der Waals surface area contributed by atoms with Gasteiger partial charge in [-0.25, -0.2) is 9.59 Å². The molecule has 0 aliphatic carbocycles. The van der Waals surface area contributed by atoms with E-state index in [0.29, 0.717) is 0 Å². The number of hydrogen-bond acceptors (Lipinski definition) is 4. The molecule has 0 radical (unpaired) electrons. The van der Waals surface area contributed by atoms with Crippen molar-refractivity contribution >= 4 is 33.6 Å². The summed E-state index contributed by atoms with van der Waals surface area (Å²) < 4.78 is 0. The molecule has 0 unspecified atom stereocenters. The van der Waals surface area contributed by atoms with Gasteiger partial charge in [-0.3, -0.25) is 0 Å². The third-order valence-electron chi connectivity index (χ3n) is 0.703. The number of carbonyl (C=O) groups excluding carboxylic acids is 1. The van der Waals surface area contributed by atoms with Crippen LogP contribution in [0.25, 0.3) is 0 Å². The van der Waals surface area contributed by atoms with E-state index >= 15 is 0 Å². The first-order valence-electron chi connectivity index (χ1n) is 2.61. The number of carboxylic acid groups (broad SMARTS) is 1. The fourth-order valence-electron chi connectivity index (χ4n) is 0.183. The quantitative estimate of drug-likeness (QED) is 0.325. The van der Waals surface area contributed by atoms with Crippen molar-refractivity contribution in [2.24, 2.45) is 5.16 Å². The molecule has 0 saturated carbocycles. The van der Waals surface area contributed by atoms with Crippen LogP contribution in [0, 0.1) is 0 Å². The number of aliphatic carboxylic acids is 1. The van der Waals surface area contributed by atoms with Crippen LogP contribution in [-0.4, -0.2) is 28.1 Å². The van der Waals surface area contributed by atoms with Crippen molar-refractivity contribution in [3.8, 4) is 0 Å². The summed E-state index contributed by atoms with van der Waals surface area (Å²) in [5.41, 5.74) is -0.265. The lowest BCUT2D eigenvalue weighted by Gasteiger charge is -1.92. The first kappa shape index (κ1) is 10.1. The Morgan fingerprint density at radius 1 is 1.64 bits per heavy atom. The monoisotopic (exact) mass is 223 g/mol. The zero-order valence-electron chi connectivity index (χ0n) is 5.70. The molecule has 0 amide bonds. The lowest BCUT2D eigenvalue weighted by atomic mass is 10.4. The van der Waals surface area contributed by atoms with Crippen LogP contribution in [0.1, 0.15) is 6.92 Å². The molecule has 5 nitrogen and oxygen atoms in total. The molecule has 0 aromatic heterocycles. The summed E-state index contributed by atoms with van der Waals surface area (Å²) in [6.45, 7) is 1.23. The highest BCUT2D eigenvalue weighted by Gasteiger charge is 2.04. The largest absolute Gasteiger partial charge is 0.477 e. The maximum absolute atomic E-state index is 10.4. The summed E-state index contributed by atoms with van der Waals surface area (Å²) in [4.78, 5) is 24.6. The average molecular weight is 224 g/mol. The van der Waals surface area contributed by atoms with Crippen LogP contribution in [-0.2, 0) is 14.4 Å². The Kier molecular flexibility index (Phi) is 4.44. The number of hydrogen-bond donors (Lipinski definition) is 1. The summed E-state index contributed by atoms with van der Waals surface area (Å²) in [5, 5.41) is 11.3. The van der Waals surface area contributed by atoms with E-state index in [9.17, 15) is 9.59 Å². The second-order valence-electron chi connectivity index (χ2n) is 1.58. The van der Waals surface area contributed by atoms with Gasteiger partial charge in [-0.15, -0.1) is 0 Å². The van der Waals surface area contributed by atoms with Gasteiger partial charge in [-0.1, -0.05) is 21.1 Å². The lowest BCUT2D eigenvalue weighted by Crippen LogP contribution is -2.10. The third kappa shape index (κ3) is 4.49. The Hall–Kier alpha value is -0.910. The lowest BCUT2D eigenvalue weighted by molar-refractivity contribution is -0.140. The van der Waals surface area contributed by atoms with E-state index in [2.05, 4.69) is 25.9 Å². The zero-order valence-corrected chi connectivity index (χ0v) is 7.29. The first-order valence-corrected chi connectivity index (χ1v) is 3.73. The van der Waals surface area contributed by atoms with Crippen LogP contribution in [0.5, 0.6) is 0 Å². The standard InChI is InChI=1S/C5H6BrNO4/c1-3(5(9)10)7-11-4(8)2-6/h2H2,1H3,(H,9,10). The Balaban J connectivity index is 3.92. The smallest absolute Gasteiger partial charge is 0.353 e. The molecule has 0 fully saturated rings. The van der Waals surface area contributed by atoms with Crippen molar-refractivity contribution in [2.75, 3.05) is 5.33 Å². The molecule has 0 heterocycles. The molecular formula is C5H6BrNO4. The maximum atomic E-state index is 10.4. The minimum atomic E-state index is -1.22.